The summed E-state index contributed by atoms with van der Waals surface area (Å²) in [6.45, 7) is 0. The largest absolute Gasteiger partial charge is 0.387 e. The third-order valence-electron chi connectivity index (χ3n) is 5.68. The Morgan fingerprint density at radius 3 is 2.95 bits per heavy atom. The molecule has 2 saturated carbocycles. The van der Waals surface area contributed by atoms with Crippen molar-refractivity contribution in [3.63, 3.8) is 0 Å². The van der Waals surface area contributed by atoms with E-state index in [2.05, 4.69) is 34.6 Å². The van der Waals surface area contributed by atoms with Crippen molar-refractivity contribution < 1.29 is 5.11 Å². The molecule has 2 fully saturated rings. The van der Waals surface area contributed by atoms with Crippen molar-refractivity contribution >= 4 is 16.6 Å². The van der Waals surface area contributed by atoms with Crippen LogP contribution in [0.2, 0.25) is 0 Å². The third kappa shape index (κ3) is 2.38. The van der Waals surface area contributed by atoms with Gasteiger partial charge in [-0.15, -0.1) is 0 Å². The van der Waals surface area contributed by atoms with Crippen LogP contribution >= 0.6 is 0 Å². The average Bonchev–Trinajstić information content (AvgIpc) is 2.55. The van der Waals surface area contributed by atoms with E-state index in [1.807, 2.05) is 12.3 Å². The number of hydrogen-bond donors (Lipinski definition) is 2. The second-order valence-electron chi connectivity index (χ2n) is 6.97. The maximum atomic E-state index is 11.3. The number of benzene rings is 1. The van der Waals surface area contributed by atoms with Gasteiger partial charge in [-0.1, -0.05) is 25.3 Å². The molecular formula is C19H24N2O. The molecule has 1 heterocycles. The van der Waals surface area contributed by atoms with Crippen molar-refractivity contribution in [1.82, 2.24) is 4.98 Å². The number of pyridine rings is 1. The fraction of sp³-hybridized carbons (Fsp3) is 0.526. The van der Waals surface area contributed by atoms with Gasteiger partial charge in [-0.05, 0) is 55.9 Å². The maximum absolute atomic E-state index is 11.3. The molecule has 2 aliphatic rings. The summed E-state index contributed by atoms with van der Waals surface area (Å²) in [5.74, 6) is 0.481. The maximum Gasteiger partial charge on any atom is 0.0875 e. The van der Waals surface area contributed by atoms with Crippen LogP contribution in [0.3, 0.4) is 0 Å². The minimum Gasteiger partial charge on any atom is -0.387 e. The summed E-state index contributed by atoms with van der Waals surface area (Å²) in [6.07, 6.45) is 9.88. The summed E-state index contributed by atoms with van der Waals surface area (Å²) in [4.78, 5) is 4.37. The summed E-state index contributed by atoms with van der Waals surface area (Å²) in [6, 6.07) is 10.5. The molecule has 4 rings (SSSR count). The van der Waals surface area contributed by atoms with E-state index in [-0.39, 0.29) is 6.04 Å². The van der Waals surface area contributed by atoms with Crippen LogP contribution in [0, 0.1) is 5.92 Å². The highest BCUT2D eigenvalue weighted by atomic mass is 16.3. The Bertz CT molecular complexity index is 669. The van der Waals surface area contributed by atoms with Crippen LogP contribution in [0.15, 0.2) is 36.5 Å². The number of hydrogen-bond acceptors (Lipinski definition) is 3. The normalized spacial score (nSPS) is 31.7. The molecule has 0 bridgehead atoms. The van der Waals surface area contributed by atoms with Crippen molar-refractivity contribution in [2.24, 2.45) is 5.92 Å². The van der Waals surface area contributed by atoms with E-state index < -0.39 is 5.60 Å². The summed E-state index contributed by atoms with van der Waals surface area (Å²) >= 11 is 0. The van der Waals surface area contributed by atoms with Gasteiger partial charge in [0.05, 0.1) is 17.2 Å². The number of fused-ring (bicyclic) bond motifs is 2. The molecule has 2 N–H and O–H groups in total. The van der Waals surface area contributed by atoms with Gasteiger partial charge in [0.25, 0.3) is 0 Å². The van der Waals surface area contributed by atoms with Crippen LogP contribution in [-0.2, 0) is 0 Å². The summed E-state index contributed by atoms with van der Waals surface area (Å²) in [5, 5.41) is 16.0. The zero-order valence-corrected chi connectivity index (χ0v) is 13.0. The van der Waals surface area contributed by atoms with Gasteiger partial charge < -0.3 is 10.4 Å². The molecule has 0 aliphatic heterocycles. The lowest BCUT2D eigenvalue weighted by atomic mass is 9.65. The fourth-order valence-electron chi connectivity index (χ4n) is 4.49. The summed E-state index contributed by atoms with van der Waals surface area (Å²) < 4.78 is 0. The van der Waals surface area contributed by atoms with Crippen LogP contribution in [-0.4, -0.2) is 21.7 Å². The summed E-state index contributed by atoms with van der Waals surface area (Å²) in [7, 11) is 0. The van der Waals surface area contributed by atoms with Crippen LogP contribution < -0.4 is 5.32 Å². The quantitative estimate of drug-likeness (QED) is 0.876. The Balaban J connectivity index is 1.60. The monoisotopic (exact) mass is 296 g/mol. The Morgan fingerprint density at radius 2 is 2.00 bits per heavy atom. The zero-order chi connectivity index (χ0) is 15.0. The molecule has 1 unspecified atom stereocenters. The smallest absolute Gasteiger partial charge is 0.0875 e. The SMILES string of the molecule is O[C@]12CCCC[C@@H]1CCCC2Nc1ccc2ncccc2c1. The first-order valence-corrected chi connectivity index (χ1v) is 8.59. The Labute approximate surface area is 131 Å². The van der Waals surface area contributed by atoms with Gasteiger partial charge in [-0.3, -0.25) is 4.98 Å². The van der Waals surface area contributed by atoms with E-state index in [0.29, 0.717) is 5.92 Å². The molecular weight excluding hydrogens is 272 g/mol. The topological polar surface area (TPSA) is 45.1 Å². The highest BCUT2D eigenvalue weighted by molar-refractivity contribution is 5.82. The summed E-state index contributed by atoms with van der Waals surface area (Å²) in [5.41, 5.74) is 1.61. The lowest BCUT2D eigenvalue weighted by Crippen LogP contribution is -2.56. The molecule has 0 saturated heterocycles. The van der Waals surface area contributed by atoms with Crippen molar-refractivity contribution in [3.8, 4) is 0 Å². The lowest BCUT2D eigenvalue weighted by Gasteiger charge is -2.49. The van der Waals surface area contributed by atoms with Gasteiger partial charge in [0.15, 0.2) is 0 Å². The van der Waals surface area contributed by atoms with Gasteiger partial charge in [0.2, 0.25) is 0 Å². The molecule has 3 nitrogen and oxygen atoms in total. The number of aromatic nitrogens is 1. The minimum absolute atomic E-state index is 0.181. The average molecular weight is 296 g/mol. The van der Waals surface area contributed by atoms with Crippen LogP contribution in [0.4, 0.5) is 5.69 Å². The van der Waals surface area contributed by atoms with E-state index in [1.54, 1.807) is 0 Å². The highest BCUT2D eigenvalue weighted by Gasteiger charge is 2.47. The first-order chi connectivity index (χ1) is 10.8. The standard InChI is InChI=1S/C19H24N2O/c22-19-11-2-1-6-15(19)7-3-8-18(19)21-16-9-10-17-14(13-16)5-4-12-20-17/h4-5,9-10,12-13,15,18,21-22H,1-3,6-8,11H2/t15-,18?,19-/m1/s1. The highest BCUT2D eigenvalue weighted by Crippen LogP contribution is 2.44. The first-order valence-electron chi connectivity index (χ1n) is 8.59. The van der Waals surface area contributed by atoms with Crippen LogP contribution in [0.1, 0.15) is 44.9 Å². The first kappa shape index (κ1) is 14.0. The Morgan fingerprint density at radius 1 is 1.09 bits per heavy atom. The fourth-order valence-corrected chi connectivity index (χ4v) is 4.49. The van der Waals surface area contributed by atoms with Gasteiger partial charge in [0, 0.05) is 17.3 Å². The van der Waals surface area contributed by atoms with Gasteiger partial charge in [-0.2, -0.15) is 0 Å². The van der Waals surface area contributed by atoms with E-state index in [1.165, 1.54) is 25.7 Å². The lowest BCUT2D eigenvalue weighted by molar-refractivity contribution is -0.0835. The molecule has 0 amide bonds. The number of aliphatic hydroxyl groups is 1. The van der Waals surface area contributed by atoms with E-state index >= 15 is 0 Å². The molecule has 1 aromatic carbocycles. The van der Waals surface area contributed by atoms with Gasteiger partial charge >= 0.3 is 0 Å². The van der Waals surface area contributed by atoms with Gasteiger partial charge in [-0.25, -0.2) is 0 Å². The molecule has 0 radical (unpaired) electrons. The Kier molecular flexibility index (Phi) is 3.53. The second kappa shape index (κ2) is 5.54. The molecule has 2 aromatic rings. The van der Waals surface area contributed by atoms with Crippen molar-refractivity contribution in [2.45, 2.75) is 56.6 Å². The predicted octanol–water partition coefficient (Wildman–Crippen LogP) is 4.12. The number of rotatable bonds is 2. The van der Waals surface area contributed by atoms with E-state index in [4.69, 9.17) is 0 Å². The van der Waals surface area contributed by atoms with E-state index in [0.717, 1.165) is 35.9 Å². The predicted molar refractivity (Wildman–Crippen MR) is 89.9 cm³/mol. The molecule has 2 aliphatic carbocycles. The number of anilines is 1. The van der Waals surface area contributed by atoms with Crippen LogP contribution in [0.25, 0.3) is 10.9 Å². The molecule has 1 aromatic heterocycles. The number of nitrogens with one attached hydrogen (secondary N) is 1. The van der Waals surface area contributed by atoms with Crippen LogP contribution in [0.5, 0.6) is 0 Å². The second-order valence-corrected chi connectivity index (χ2v) is 6.97. The molecule has 116 valence electrons. The third-order valence-corrected chi connectivity index (χ3v) is 5.68. The molecule has 3 atom stereocenters. The van der Waals surface area contributed by atoms with Crippen molar-refractivity contribution in [2.75, 3.05) is 5.32 Å². The minimum atomic E-state index is -0.513. The molecule has 3 heteroatoms. The molecule has 22 heavy (non-hydrogen) atoms. The molecule has 0 spiro atoms. The number of nitrogens with zero attached hydrogens (tertiary/aromatic N) is 1. The van der Waals surface area contributed by atoms with Crippen molar-refractivity contribution in [3.05, 3.63) is 36.5 Å². The van der Waals surface area contributed by atoms with E-state index in [9.17, 15) is 5.11 Å². The zero-order valence-electron chi connectivity index (χ0n) is 13.0. The van der Waals surface area contributed by atoms with Gasteiger partial charge in [0.1, 0.15) is 0 Å². The van der Waals surface area contributed by atoms with Crippen molar-refractivity contribution in [1.29, 1.82) is 0 Å². The Hall–Kier alpha value is -1.61.